The second-order valence-electron chi connectivity index (χ2n) is 3.80. The van der Waals surface area contributed by atoms with Gasteiger partial charge in [-0.25, -0.2) is 4.79 Å². The van der Waals surface area contributed by atoms with Crippen LogP contribution in [0.3, 0.4) is 0 Å². The van der Waals surface area contributed by atoms with Crippen LogP contribution in [-0.2, 0) is 4.74 Å². The lowest BCUT2D eigenvalue weighted by molar-refractivity contribution is -0.0217. The molecule has 0 radical (unpaired) electrons. The van der Waals surface area contributed by atoms with Gasteiger partial charge in [-0.1, -0.05) is 0 Å². The molecule has 0 spiro atoms. The van der Waals surface area contributed by atoms with E-state index < -0.39 is 6.03 Å². The highest BCUT2D eigenvalue weighted by atomic mass is 28.1. The van der Waals surface area contributed by atoms with Crippen LogP contribution >= 0.6 is 0 Å². The first-order chi connectivity index (χ1) is 6.12. The molecule has 3 N–H and O–H groups in total. The molecule has 1 heterocycles. The molecule has 1 rings (SSSR count). The van der Waals surface area contributed by atoms with Gasteiger partial charge in [-0.3, -0.25) is 0 Å². The molecule has 2 amide bonds. The molecule has 1 atom stereocenters. The Bertz CT molecular complexity index is 181. The molecule has 4 nitrogen and oxygen atoms in total. The van der Waals surface area contributed by atoms with Crippen LogP contribution in [0, 0.1) is 0 Å². The highest BCUT2D eigenvalue weighted by molar-refractivity contribution is 6.14. The molecule has 0 bridgehead atoms. The topological polar surface area (TPSA) is 64.4 Å². The van der Waals surface area contributed by atoms with Crippen molar-refractivity contribution in [2.75, 3.05) is 13.2 Å². The first-order valence-electron chi connectivity index (χ1n) is 4.80. The first kappa shape index (κ1) is 10.5. The zero-order valence-corrected chi connectivity index (χ0v) is 10.1. The van der Waals surface area contributed by atoms with Gasteiger partial charge in [-0.2, -0.15) is 0 Å². The van der Waals surface area contributed by atoms with E-state index in [0.717, 1.165) is 29.7 Å². The number of ether oxygens (including phenoxy) is 1. The molecule has 0 aromatic rings. The van der Waals surface area contributed by atoms with Gasteiger partial charge in [0.1, 0.15) is 0 Å². The summed E-state index contributed by atoms with van der Waals surface area (Å²) >= 11 is 0. The third kappa shape index (κ3) is 3.78. The first-order valence-corrected chi connectivity index (χ1v) is 5.80. The summed E-state index contributed by atoms with van der Waals surface area (Å²) in [6.07, 6.45) is 4.47. The van der Waals surface area contributed by atoms with Crippen LogP contribution in [0.2, 0.25) is 0 Å². The Balaban J connectivity index is 2.21. The maximum absolute atomic E-state index is 10.4. The molecule has 0 aliphatic carbocycles. The zero-order valence-electron chi connectivity index (χ0n) is 8.14. The minimum absolute atomic E-state index is 0.0840. The molecule has 1 aliphatic rings. The molecular weight excluding hydrogens is 184 g/mol. The van der Waals surface area contributed by atoms with E-state index in [1.807, 2.05) is 0 Å². The number of primary amides is 1. The van der Waals surface area contributed by atoms with E-state index in [4.69, 9.17) is 10.5 Å². The van der Waals surface area contributed by atoms with E-state index in [0.29, 0.717) is 6.54 Å². The lowest BCUT2D eigenvalue weighted by Crippen LogP contribution is -2.41. The van der Waals surface area contributed by atoms with Gasteiger partial charge in [0.2, 0.25) is 0 Å². The van der Waals surface area contributed by atoms with E-state index in [1.54, 1.807) is 0 Å². The molecule has 13 heavy (non-hydrogen) atoms. The number of rotatable bonds is 3. The number of nitrogens with one attached hydrogen (secondary N) is 1. The summed E-state index contributed by atoms with van der Waals surface area (Å²) in [5.41, 5.74) is 4.97. The van der Waals surface area contributed by atoms with Gasteiger partial charge in [0, 0.05) is 23.4 Å². The molecule has 1 fully saturated rings. The quantitative estimate of drug-likeness (QED) is 0.595. The lowest BCUT2D eigenvalue weighted by atomic mass is 10.1. The van der Waals surface area contributed by atoms with Crippen LogP contribution in [0.15, 0.2) is 0 Å². The van der Waals surface area contributed by atoms with E-state index in [-0.39, 0.29) is 5.22 Å². The molecule has 0 aromatic carbocycles. The van der Waals surface area contributed by atoms with Crippen molar-refractivity contribution in [3.8, 4) is 0 Å². The molecule has 1 saturated heterocycles. The van der Waals surface area contributed by atoms with Gasteiger partial charge in [0.15, 0.2) is 0 Å². The van der Waals surface area contributed by atoms with Crippen LogP contribution in [-0.4, -0.2) is 34.6 Å². The Hall–Kier alpha value is -0.553. The van der Waals surface area contributed by atoms with E-state index in [9.17, 15) is 4.79 Å². The zero-order chi connectivity index (χ0) is 9.73. The second kappa shape index (κ2) is 4.62. The molecule has 5 heteroatoms. The summed E-state index contributed by atoms with van der Waals surface area (Å²) in [5.74, 6) is 0. The minimum atomic E-state index is -0.443. The van der Waals surface area contributed by atoms with Crippen molar-refractivity contribution < 1.29 is 9.53 Å². The highest BCUT2D eigenvalue weighted by Crippen LogP contribution is 2.24. The Labute approximate surface area is 81.6 Å². The third-order valence-corrected chi connectivity index (χ3v) is 3.79. The predicted molar refractivity (Wildman–Crippen MR) is 54.7 cm³/mol. The number of carbonyl (C=O) groups is 1. The van der Waals surface area contributed by atoms with Gasteiger partial charge in [0.25, 0.3) is 0 Å². The van der Waals surface area contributed by atoms with Crippen molar-refractivity contribution in [2.45, 2.75) is 30.9 Å². The summed E-state index contributed by atoms with van der Waals surface area (Å²) in [7, 11) is 1.03. The number of urea groups is 1. The van der Waals surface area contributed by atoms with Gasteiger partial charge in [0.05, 0.1) is 5.22 Å². The number of hydrogen-bond donors (Lipinski definition) is 2. The molecule has 0 saturated carbocycles. The molecule has 1 unspecified atom stereocenters. The smallest absolute Gasteiger partial charge is 0.312 e. The Morgan fingerprint density at radius 2 is 2.38 bits per heavy atom. The fourth-order valence-corrected chi connectivity index (χ4v) is 2.45. The number of nitrogens with two attached hydrogens (primary N) is 1. The highest BCUT2D eigenvalue weighted by Gasteiger charge is 2.26. The van der Waals surface area contributed by atoms with E-state index in [1.165, 1.54) is 12.8 Å². The van der Waals surface area contributed by atoms with Gasteiger partial charge < -0.3 is 15.8 Å². The number of amides is 2. The van der Waals surface area contributed by atoms with Gasteiger partial charge in [-0.15, -0.1) is 0 Å². The second-order valence-corrected chi connectivity index (χ2v) is 5.62. The van der Waals surface area contributed by atoms with Crippen LogP contribution < -0.4 is 11.1 Å². The summed E-state index contributed by atoms with van der Waals surface area (Å²) in [6, 6.07) is -0.443. The summed E-state index contributed by atoms with van der Waals surface area (Å²) in [6.45, 7) is 1.51. The maximum Gasteiger partial charge on any atom is 0.312 e. The van der Waals surface area contributed by atoms with Crippen molar-refractivity contribution in [1.82, 2.24) is 5.32 Å². The number of hydrogen-bond acceptors (Lipinski definition) is 2. The van der Waals surface area contributed by atoms with Crippen molar-refractivity contribution in [3.63, 3.8) is 0 Å². The largest absolute Gasteiger partial charge is 0.379 e. The normalized spacial score (nSPS) is 28.6. The van der Waals surface area contributed by atoms with Crippen molar-refractivity contribution >= 4 is 16.3 Å². The average molecular weight is 202 g/mol. The fourth-order valence-electron chi connectivity index (χ4n) is 1.64. The van der Waals surface area contributed by atoms with Crippen molar-refractivity contribution in [2.24, 2.45) is 5.73 Å². The Morgan fingerprint density at radius 3 is 2.92 bits per heavy atom. The fraction of sp³-hybridized carbons (Fsp3) is 0.875. The molecule has 76 valence electrons. The number of carbonyl (C=O) groups excluding carboxylic acids is 1. The van der Waals surface area contributed by atoms with Crippen LogP contribution in [0.25, 0.3) is 0 Å². The monoisotopic (exact) mass is 202 g/mol. The van der Waals surface area contributed by atoms with Crippen molar-refractivity contribution in [3.05, 3.63) is 0 Å². The van der Waals surface area contributed by atoms with Gasteiger partial charge in [-0.05, 0) is 25.7 Å². The standard InChI is InChI=1S/C8H18N2O2Si/c9-7(11)10-5-4-8(13)3-1-2-6-12-8/h1-6H2,13H3,(H3,9,10,11). The Kier molecular flexibility index (Phi) is 3.74. The van der Waals surface area contributed by atoms with Crippen LogP contribution in [0.4, 0.5) is 4.79 Å². The van der Waals surface area contributed by atoms with Crippen LogP contribution in [0.5, 0.6) is 0 Å². The van der Waals surface area contributed by atoms with E-state index >= 15 is 0 Å². The summed E-state index contributed by atoms with van der Waals surface area (Å²) in [4.78, 5) is 10.4. The lowest BCUT2D eigenvalue weighted by Gasteiger charge is -2.34. The Morgan fingerprint density at radius 1 is 1.62 bits per heavy atom. The molecular formula is C8H18N2O2Si. The minimum Gasteiger partial charge on any atom is -0.379 e. The third-order valence-electron chi connectivity index (χ3n) is 2.50. The van der Waals surface area contributed by atoms with Gasteiger partial charge >= 0.3 is 6.03 Å². The average Bonchev–Trinajstić information content (AvgIpc) is 2.04. The maximum atomic E-state index is 10.4. The molecule has 0 aromatic heterocycles. The predicted octanol–water partition coefficient (Wildman–Crippen LogP) is -0.693. The van der Waals surface area contributed by atoms with Crippen LogP contribution in [0.1, 0.15) is 25.7 Å². The van der Waals surface area contributed by atoms with Crippen molar-refractivity contribution in [1.29, 1.82) is 0 Å². The molecule has 1 aliphatic heterocycles. The summed E-state index contributed by atoms with van der Waals surface area (Å²) < 4.78 is 5.72. The SMILES string of the molecule is NC(=O)NCCC1([SiH3])CCCCO1. The summed E-state index contributed by atoms with van der Waals surface area (Å²) in [5, 5.41) is 2.68. The van der Waals surface area contributed by atoms with E-state index in [2.05, 4.69) is 5.32 Å².